The van der Waals surface area contributed by atoms with E-state index in [-0.39, 0.29) is 18.9 Å². The largest absolute Gasteiger partial charge is 0.480 e. The first-order valence-corrected chi connectivity index (χ1v) is 7.28. The fourth-order valence-electron chi connectivity index (χ4n) is 3.27. The van der Waals surface area contributed by atoms with E-state index in [1.165, 1.54) is 37.0 Å². The van der Waals surface area contributed by atoms with Crippen molar-refractivity contribution in [3.05, 3.63) is 0 Å². The second kappa shape index (κ2) is 6.37. The predicted molar refractivity (Wildman–Crippen MR) is 69.6 cm³/mol. The van der Waals surface area contributed by atoms with Crippen molar-refractivity contribution in [3.8, 4) is 0 Å². The highest BCUT2D eigenvalue weighted by atomic mass is 16.4. The van der Waals surface area contributed by atoms with Gasteiger partial charge in [-0.05, 0) is 12.3 Å². The number of rotatable bonds is 4. The minimum absolute atomic E-state index is 0.116. The Morgan fingerprint density at radius 2 is 1.84 bits per heavy atom. The number of carboxylic acids is 1. The minimum Gasteiger partial charge on any atom is -0.480 e. The van der Waals surface area contributed by atoms with Crippen molar-refractivity contribution < 1.29 is 19.8 Å². The van der Waals surface area contributed by atoms with Crippen molar-refractivity contribution in [2.75, 3.05) is 6.54 Å². The van der Waals surface area contributed by atoms with Crippen LogP contribution < -0.4 is 0 Å². The van der Waals surface area contributed by atoms with Gasteiger partial charge < -0.3 is 15.1 Å². The molecule has 0 aromatic rings. The van der Waals surface area contributed by atoms with E-state index in [1.807, 2.05) is 0 Å². The predicted octanol–water partition coefficient (Wildman–Crippen LogP) is 1.39. The molecule has 2 N–H and O–H groups in total. The van der Waals surface area contributed by atoms with E-state index in [0.717, 1.165) is 6.42 Å². The Morgan fingerprint density at radius 3 is 2.47 bits per heavy atom. The van der Waals surface area contributed by atoms with Crippen molar-refractivity contribution in [2.45, 2.75) is 63.5 Å². The second-order valence-corrected chi connectivity index (χ2v) is 5.83. The number of hydrogen-bond acceptors (Lipinski definition) is 3. The summed E-state index contributed by atoms with van der Waals surface area (Å²) in [5.74, 6) is -0.509. The summed E-state index contributed by atoms with van der Waals surface area (Å²) in [5.41, 5.74) is 0. The summed E-state index contributed by atoms with van der Waals surface area (Å²) in [6, 6.07) is -0.839. The molecule has 5 heteroatoms. The summed E-state index contributed by atoms with van der Waals surface area (Å²) >= 11 is 0. The number of carboxylic acid groups (broad SMARTS) is 1. The van der Waals surface area contributed by atoms with Crippen molar-refractivity contribution in [1.82, 2.24) is 4.90 Å². The zero-order valence-corrected chi connectivity index (χ0v) is 11.3. The molecule has 1 heterocycles. The average molecular weight is 269 g/mol. The first-order valence-electron chi connectivity index (χ1n) is 7.28. The monoisotopic (exact) mass is 269 g/mol. The molecule has 1 saturated carbocycles. The van der Waals surface area contributed by atoms with E-state index in [4.69, 9.17) is 5.11 Å². The topological polar surface area (TPSA) is 77.8 Å². The Hall–Kier alpha value is -1.10. The molecule has 0 bridgehead atoms. The van der Waals surface area contributed by atoms with Gasteiger partial charge >= 0.3 is 5.97 Å². The van der Waals surface area contributed by atoms with Crippen LogP contribution >= 0.6 is 0 Å². The van der Waals surface area contributed by atoms with Crippen LogP contribution in [-0.4, -0.2) is 45.7 Å². The highest BCUT2D eigenvalue weighted by molar-refractivity contribution is 5.84. The van der Waals surface area contributed by atoms with E-state index < -0.39 is 18.1 Å². The first-order chi connectivity index (χ1) is 9.08. The maximum absolute atomic E-state index is 12.1. The molecule has 1 saturated heterocycles. The molecule has 108 valence electrons. The van der Waals surface area contributed by atoms with Gasteiger partial charge in [-0.2, -0.15) is 0 Å². The van der Waals surface area contributed by atoms with Gasteiger partial charge in [0, 0.05) is 19.4 Å². The maximum atomic E-state index is 12.1. The van der Waals surface area contributed by atoms with Gasteiger partial charge in [-0.15, -0.1) is 0 Å². The van der Waals surface area contributed by atoms with E-state index >= 15 is 0 Å². The summed E-state index contributed by atoms with van der Waals surface area (Å²) < 4.78 is 0. The molecular weight excluding hydrogens is 246 g/mol. The fraction of sp³-hybridized carbons (Fsp3) is 0.857. The molecule has 2 fully saturated rings. The number of likely N-dealkylation sites (tertiary alicyclic amines) is 1. The Kier molecular flexibility index (Phi) is 4.80. The fourth-order valence-corrected chi connectivity index (χ4v) is 3.27. The van der Waals surface area contributed by atoms with Gasteiger partial charge in [-0.1, -0.05) is 32.1 Å². The molecule has 2 atom stereocenters. The van der Waals surface area contributed by atoms with Gasteiger partial charge in [0.25, 0.3) is 0 Å². The molecule has 0 aromatic heterocycles. The molecule has 0 radical (unpaired) electrons. The van der Waals surface area contributed by atoms with Crippen LogP contribution in [0.1, 0.15) is 51.4 Å². The number of carbonyl (C=O) groups excluding carboxylic acids is 1. The van der Waals surface area contributed by atoms with E-state index in [9.17, 15) is 14.7 Å². The molecule has 5 nitrogen and oxygen atoms in total. The SMILES string of the molecule is O=C(O)[C@@H]1CC(O)CN1C(=O)CCC1CCCCC1. The standard InChI is InChI=1S/C14H23NO4/c16-11-8-12(14(18)19)15(9-11)13(17)7-6-10-4-2-1-3-5-10/h10-12,16H,1-9H2,(H,18,19)/t11?,12-/m0/s1. The third kappa shape index (κ3) is 3.69. The van der Waals surface area contributed by atoms with Crippen LogP contribution in [-0.2, 0) is 9.59 Å². The van der Waals surface area contributed by atoms with Gasteiger partial charge in [0.2, 0.25) is 5.91 Å². The van der Waals surface area contributed by atoms with Crippen molar-refractivity contribution in [2.24, 2.45) is 5.92 Å². The number of hydrogen-bond donors (Lipinski definition) is 2. The number of aliphatic hydroxyl groups is 1. The third-order valence-corrected chi connectivity index (χ3v) is 4.38. The van der Waals surface area contributed by atoms with E-state index in [0.29, 0.717) is 12.3 Å². The molecule has 0 spiro atoms. The summed E-state index contributed by atoms with van der Waals surface area (Å²) in [7, 11) is 0. The number of carbonyl (C=O) groups is 2. The van der Waals surface area contributed by atoms with Gasteiger partial charge in [0.15, 0.2) is 0 Å². The zero-order valence-electron chi connectivity index (χ0n) is 11.3. The molecular formula is C14H23NO4. The van der Waals surface area contributed by atoms with Crippen LogP contribution in [0.3, 0.4) is 0 Å². The van der Waals surface area contributed by atoms with Crippen LogP contribution in [0.4, 0.5) is 0 Å². The first kappa shape index (κ1) is 14.3. The molecule has 2 aliphatic rings. The maximum Gasteiger partial charge on any atom is 0.326 e. The lowest BCUT2D eigenvalue weighted by atomic mass is 9.86. The number of amides is 1. The number of aliphatic hydroxyl groups excluding tert-OH is 1. The van der Waals surface area contributed by atoms with Crippen molar-refractivity contribution in [3.63, 3.8) is 0 Å². The summed E-state index contributed by atoms with van der Waals surface area (Å²) in [6.45, 7) is 0.167. The van der Waals surface area contributed by atoms with Gasteiger partial charge in [0.1, 0.15) is 6.04 Å². The summed E-state index contributed by atoms with van der Waals surface area (Å²) in [5, 5.41) is 18.6. The van der Waals surface area contributed by atoms with Gasteiger partial charge in [-0.3, -0.25) is 4.79 Å². The lowest BCUT2D eigenvalue weighted by molar-refractivity contribution is -0.148. The summed E-state index contributed by atoms with van der Waals surface area (Å²) in [4.78, 5) is 24.5. The Balaban J connectivity index is 1.82. The highest BCUT2D eigenvalue weighted by Gasteiger charge is 2.38. The van der Waals surface area contributed by atoms with Crippen molar-refractivity contribution >= 4 is 11.9 Å². The molecule has 2 rings (SSSR count). The van der Waals surface area contributed by atoms with E-state index in [1.54, 1.807) is 0 Å². The quantitative estimate of drug-likeness (QED) is 0.808. The van der Waals surface area contributed by atoms with Gasteiger partial charge in [0.05, 0.1) is 6.10 Å². The Labute approximate surface area is 113 Å². The van der Waals surface area contributed by atoms with E-state index in [2.05, 4.69) is 0 Å². The van der Waals surface area contributed by atoms with Crippen LogP contribution in [0.25, 0.3) is 0 Å². The smallest absolute Gasteiger partial charge is 0.326 e. The molecule has 1 unspecified atom stereocenters. The Bertz CT molecular complexity index is 338. The second-order valence-electron chi connectivity index (χ2n) is 5.83. The van der Waals surface area contributed by atoms with Crippen molar-refractivity contribution in [1.29, 1.82) is 0 Å². The molecule has 1 amide bonds. The molecule has 0 aromatic carbocycles. The van der Waals surface area contributed by atoms with Crippen LogP contribution in [0.2, 0.25) is 0 Å². The molecule has 1 aliphatic carbocycles. The summed E-state index contributed by atoms with van der Waals surface area (Å²) in [6.07, 6.45) is 6.92. The van der Waals surface area contributed by atoms with Gasteiger partial charge in [-0.25, -0.2) is 4.79 Å². The Morgan fingerprint density at radius 1 is 1.16 bits per heavy atom. The lowest BCUT2D eigenvalue weighted by Gasteiger charge is -2.24. The number of β-amino-alcohol motifs (C(OH)–C–C–N with tert-alkyl or cyclic N) is 1. The zero-order chi connectivity index (χ0) is 13.8. The van der Waals surface area contributed by atoms with Crippen LogP contribution in [0, 0.1) is 5.92 Å². The highest BCUT2D eigenvalue weighted by Crippen LogP contribution is 2.28. The molecule has 19 heavy (non-hydrogen) atoms. The number of aliphatic carboxylic acids is 1. The molecule has 1 aliphatic heterocycles. The van der Waals surface area contributed by atoms with Crippen LogP contribution in [0.5, 0.6) is 0 Å². The third-order valence-electron chi connectivity index (χ3n) is 4.38. The average Bonchev–Trinajstić information content (AvgIpc) is 2.79. The lowest BCUT2D eigenvalue weighted by Crippen LogP contribution is -2.40. The van der Waals surface area contributed by atoms with Crippen LogP contribution in [0.15, 0.2) is 0 Å². The number of nitrogens with zero attached hydrogens (tertiary/aromatic N) is 1. The minimum atomic E-state index is -1.01. The normalized spacial score (nSPS) is 28.6.